The van der Waals surface area contributed by atoms with E-state index < -0.39 is 0 Å². The minimum Gasteiger partial charge on any atom is -0.509 e. The fourth-order valence-corrected chi connectivity index (χ4v) is 8.58. The molecule has 0 atom stereocenters. The fraction of sp³-hybridized carbons (Fsp3) is 0.263. The van der Waals surface area contributed by atoms with Gasteiger partial charge in [-0.1, -0.05) is 142 Å². The van der Waals surface area contributed by atoms with Crippen molar-refractivity contribution >= 4 is 44.6 Å². The van der Waals surface area contributed by atoms with E-state index in [1.54, 1.807) is 0 Å². The van der Waals surface area contributed by atoms with Gasteiger partial charge in [-0.2, -0.15) is 6.07 Å². The van der Waals surface area contributed by atoms with Crippen molar-refractivity contribution in [1.82, 2.24) is 9.55 Å². The van der Waals surface area contributed by atoms with Crippen molar-refractivity contribution in [2.75, 3.05) is 9.80 Å². The van der Waals surface area contributed by atoms with Crippen molar-refractivity contribution < 1.29 is 25.8 Å². The molecule has 0 bridgehead atoms. The Morgan fingerprint density at radius 1 is 0.587 bits per heavy atom. The molecule has 0 unspecified atom stereocenters. The van der Waals surface area contributed by atoms with E-state index in [-0.39, 0.29) is 37.3 Å². The first-order valence-electron chi connectivity index (χ1n) is 21.9. The summed E-state index contributed by atoms with van der Waals surface area (Å²) < 4.78 is 9.16. The third-order valence-corrected chi connectivity index (χ3v) is 12.2. The predicted molar refractivity (Wildman–Crippen MR) is 260 cm³/mol. The molecular formula is C57H57N4OPt-3. The van der Waals surface area contributed by atoms with Gasteiger partial charge in [-0.3, -0.25) is 0 Å². The molecule has 324 valence electrons. The first-order valence-corrected chi connectivity index (χ1v) is 21.9. The molecule has 0 saturated heterocycles. The van der Waals surface area contributed by atoms with Crippen LogP contribution in [0, 0.1) is 18.8 Å². The van der Waals surface area contributed by atoms with Crippen LogP contribution in [0.1, 0.15) is 104 Å². The largest absolute Gasteiger partial charge is 0.509 e. The van der Waals surface area contributed by atoms with Crippen LogP contribution in [-0.4, -0.2) is 9.55 Å². The van der Waals surface area contributed by atoms with E-state index >= 15 is 0 Å². The Labute approximate surface area is 389 Å². The van der Waals surface area contributed by atoms with Gasteiger partial charge in [0.1, 0.15) is 5.82 Å². The molecule has 63 heavy (non-hydrogen) atoms. The summed E-state index contributed by atoms with van der Waals surface area (Å²) in [7, 11) is 0. The number of anilines is 4. The van der Waals surface area contributed by atoms with Gasteiger partial charge in [-0.15, -0.1) is 53.6 Å². The number of pyridine rings is 1. The summed E-state index contributed by atoms with van der Waals surface area (Å²) >= 11 is 0. The number of para-hydroxylation sites is 1. The molecular weight excluding hydrogens is 952 g/mol. The van der Waals surface area contributed by atoms with Crippen LogP contribution in [0.4, 0.5) is 22.7 Å². The van der Waals surface area contributed by atoms with Crippen molar-refractivity contribution in [1.29, 1.82) is 0 Å². The molecule has 0 aliphatic carbocycles. The molecule has 5 nitrogen and oxygen atoms in total. The summed E-state index contributed by atoms with van der Waals surface area (Å²) in [6.45, 7) is 27.0. The number of fused-ring (bicyclic) bond motifs is 4. The number of benzene rings is 6. The third kappa shape index (κ3) is 8.45. The van der Waals surface area contributed by atoms with Crippen LogP contribution in [0.25, 0.3) is 38.8 Å². The maximum Gasteiger partial charge on any atom is 0.135 e. The second kappa shape index (κ2) is 16.5. The smallest absolute Gasteiger partial charge is 0.135 e. The summed E-state index contributed by atoms with van der Waals surface area (Å²) in [5.74, 6) is 2.39. The third-order valence-electron chi connectivity index (χ3n) is 12.2. The predicted octanol–water partition coefficient (Wildman–Crippen LogP) is 15.7. The minimum absolute atomic E-state index is 0. The molecule has 9 rings (SSSR count). The average Bonchev–Trinajstić information content (AvgIpc) is 3.78. The molecule has 0 saturated carbocycles. The van der Waals surface area contributed by atoms with E-state index in [4.69, 9.17) is 9.72 Å². The average molecular weight is 1010 g/mol. The number of nitrogens with zero attached hydrogens (tertiary/aromatic N) is 4. The Morgan fingerprint density at radius 2 is 1.29 bits per heavy atom. The molecule has 0 N–H and O–H groups in total. The molecule has 1 aliphatic heterocycles. The molecule has 0 spiro atoms. The summed E-state index contributed by atoms with van der Waals surface area (Å²) in [4.78, 5) is 9.49. The van der Waals surface area contributed by atoms with Gasteiger partial charge in [-0.05, 0) is 97.8 Å². The first-order chi connectivity index (χ1) is 29.4. The molecule has 8 aromatic rings. The Kier molecular flexibility index (Phi) is 11.5. The van der Waals surface area contributed by atoms with Crippen LogP contribution in [0.5, 0.6) is 11.5 Å². The topological polar surface area (TPSA) is 33.5 Å². The summed E-state index contributed by atoms with van der Waals surface area (Å²) in [5.41, 5.74) is 13.4. The summed E-state index contributed by atoms with van der Waals surface area (Å²) in [6, 6.07) is 53.3. The Hall–Kier alpha value is -5.64. The fourth-order valence-electron chi connectivity index (χ4n) is 8.58. The number of hydrogen-bond acceptors (Lipinski definition) is 4. The minimum atomic E-state index is -0.0448. The molecule has 6 aromatic carbocycles. The molecule has 0 fully saturated rings. The van der Waals surface area contributed by atoms with E-state index in [1.807, 2.05) is 12.3 Å². The molecule has 0 radical (unpaired) electrons. The van der Waals surface area contributed by atoms with Gasteiger partial charge in [0.25, 0.3) is 0 Å². The number of rotatable bonds is 7. The van der Waals surface area contributed by atoms with E-state index in [0.29, 0.717) is 17.4 Å². The van der Waals surface area contributed by atoms with Gasteiger partial charge in [-0.25, -0.2) is 4.98 Å². The molecule has 6 heteroatoms. The van der Waals surface area contributed by atoms with Gasteiger partial charge < -0.3 is 19.1 Å². The number of aromatic nitrogens is 2. The van der Waals surface area contributed by atoms with Gasteiger partial charge in [0.05, 0.1) is 0 Å². The Balaban J connectivity index is 0.00000544. The van der Waals surface area contributed by atoms with Crippen molar-refractivity contribution in [2.45, 2.75) is 98.3 Å². The zero-order chi connectivity index (χ0) is 43.7. The normalized spacial score (nSPS) is 13.2. The first kappa shape index (κ1) is 44.0. The van der Waals surface area contributed by atoms with Gasteiger partial charge >= 0.3 is 0 Å². The SMILES string of the molecule is CC(C)c1ccccc1-c1cc(Oc2[c-]c3c(cc2)c2ccccc2n3-c2cc(C(C)(C)C)ccn2)[c-]c(N2[CH-]N(c3cccc(C(C)(C)C)c3)c3ccc(C(C)(C)C)cc32)c1.[Pt]. The van der Waals surface area contributed by atoms with Crippen molar-refractivity contribution in [3.8, 4) is 28.4 Å². The monoisotopic (exact) mass is 1010 g/mol. The molecule has 0 amide bonds. The van der Waals surface area contributed by atoms with Gasteiger partial charge in [0.15, 0.2) is 0 Å². The van der Waals surface area contributed by atoms with E-state index in [1.165, 1.54) is 27.8 Å². The van der Waals surface area contributed by atoms with E-state index in [9.17, 15) is 0 Å². The number of hydrogen-bond donors (Lipinski definition) is 0. The molecule has 3 heterocycles. The van der Waals surface area contributed by atoms with Crippen LogP contribution in [-0.2, 0) is 37.3 Å². The van der Waals surface area contributed by atoms with Gasteiger partial charge in [0, 0.05) is 61.3 Å². The maximum absolute atomic E-state index is 6.95. The number of ether oxygens (including phenoxy) is 1. The standard InChI is InChI=1S/C57H57N4O.Pt/c1-37(2)46-19-12-13-20-47(46)38-29-43(60-36-59(42-18-16-17-39(31-42)55(3,4)5)51-26-23-40(32-53(51)60)56(6,7)8)34-45(30-38)62-44-24-25-49-48-21-14-15-22-50(48)61(52(49)35-44)54-33-41(27-28-58-54)57(9,10)11;/h12-33,36-37H,1-11H3;/q-3;. The second-order valence-corrected chi connectivity index (χ2v) is 20.2. The molecule has 1 aliphatic rings. The van der Waals surface area contributed by atoms with Crippen LogP contribution >= 0.6 is 0 Å². The van der Waals surface area contributed by atoms with Crippen molar-refractivity contribution in [3.63, 3.8) is 0 Å². The second-order valence-electron chi connectivity index (χ2n) is 20.2. The quantitative estimate of drug-likeness (QED) is 0.149. The zero-order valence-electron chi connectivity index (χ0n) is 38.4. The molecule has 2 aromatic heterocycles. The van der Waals surface area contributed by atoms with E-state index in [2.05, 4.69) is 231 Å². The zero-order valence-corrected chi connectivity index (χ0v) is 40.6. The van der Waals surface area contributed by atoms with Crippen molar-refractivity contribution in [2.24, 2.45) is 0 Å². The van der Waals surface area contributed by atoms with Crippen LogP contribution in [0.15, 0.2) is 134 Å². The van der Waals surface area contributed by atoms with Crippen LogP contribution in [0.3, 0.4) is 0 Å². The summed E-state index contributed by atoms with van der Waals surface area (Å²) in [6.07, 6.45) is 1.91. The summed E-state index contributed by atoms with van der Waals surface area (Å²) in [5, 5.41) is 2.23. The maximum atomic E-state index is 6.95. The van der Waals surface area contributed by atoms with Crippen molar-refractivity contribution in [3.05, 3.63) is 175 Å². The van der Waals surface area contributed by atoms with Crippen LogP contribution < -0.4 is 14.5 Å². The Bertz CT molecular complexity index is 2980. The van der Waals surface area contributed by atoms with Crippen LogP contribution in [0.2, 0.25) is 0 Å². The van der Waals surface area contributed by atoms with Gasteiger partial charge in [0.2, 0.25) is 0 Å². The van der Waals surface area contributed by atoms with E-state index in [0.717, 1.165) is 55.9 Å². The Morgan fingerprint density at radius 3 is 2.03 bits per heavy atom.